The molecule has 0 aliphatic heterocycles. The highest BCUT2D eigenvalue weighted by Gasteiger charge is 2.13. The summed E-state index contributed by atoms with van der Waals surface area (Å²) in [4.78, 5) is 0. The lowest BCUT2D eigenvalue weighted by atomic mass is 10.3. The highest BCUT2D eigenvalue weighted by atomic mass is 32.1. The van der Waals surface area contributed by atoms with E-state index in [-0.39, 0.29) is 26.1 Å². The maximum Gasteiger partial charge on any atom is 0.139 e. The summed E-state index contributed by atoms with van der Waals surface area (Å²) in [7, 11) is 0. The van der Waals surface area contributed by atoms with Gasteiger partial charge < -0.3 is 0 Å². The third-order valence-electron chi connectivity index (χ3n) is 1.59. The largest absolute Gasteiger partial charge is 0.192 e. The van der Waals surface area contributed by atoms with Crippen molar-refractivity contribution < 1.29 is 0 Å². The molecule has 0 saturated carbocycles. The number of nitrogens with zero attached hydrogens (tertiary/aromatic N) is 4. The summed E-state index contributed by atoms with van der Waals surface area (Å²) in [5.74, 6) is 0. The van der Waals surface area contributed by atoms with Crippen molar-refractivity contribution in [3.8, 4) is 24.3 Å². The molecule has 5 heteroatoms. The predicted molar refractivity (Wildman–Crippen MR) is 48.2 cm³/mol. The fourth-order valence-corrected chi connectivity index (χ4v) is 1.28. The second-order valence-electron chi connectivity index (χ2n) is 2.28. The summed E-state index contributed by atoms with van der Waals surface area (Å²) in [5, 5.41) is 34.6. The van der Waals surface area contributed by atoms with E-state index < -0.39 is 0 Å². The summed E-state index contributed by atoms with van der Waals surface area (Å²) in [6, 6.07) is 6.62. The molecular formula is C9N4S. The molecule has 14 heavy (non-hydrogen) atoms. The molecule has 0 heterocycles. The second-order valence-corrected chi connectivity index (χ2v) is 2.68. The van der Waals surface area contributed by atoms with Crippen LogP contribution in [0.3, 0.4) is 0 Å². The minimum Gasteiger partial charge on any atom is -0.192 e. The van der Waals surface area contributed by atoms with Crippen LogP contribution in [0.1, 0.15) is 0 Å². The maximum absolute atomic E-state index is 8.52. The Hall–Kier alpha value is -2.47. The molecular weight excluding hydrogens is 196 g/mol. The lowest BCUT2D eigenvalue weighted by Crippen LogP contribution is -2.04. The van der Waals surface area contributed by atoms with Crippen molar-refractivity contribution in [2.45, 2.75) is 0 Å². The lowest BCUT2D eigenvalue weighted by molar-refractivity contribution is 1.50. The van der Waals surface area contributed by atoms with Gasteiger partial charge in [-0.05, 0) is 0 Å². The third kappa shape index (κ3) is 1.25. The summed E-state index contributed by atoms with van der Waals surface area (Å²) in [6.07, 6.45) is 0. The minimum atomic E-state index is -0.145. The Morgan fingerprint density at radius 2 is 1.07 bits per heavy atom. The van der Waals surface area contributed by atoms with Crippen LogP contribution < -0.4 is 10.4 Å². The maximum atomic E-state index is 8.52. The summed E-state index contributed by atoms with van der Waals surface area (Å²) in [6.45, 7) is 0. The molecule has 0 aromatic heterocycles. The molecule has 0 aliphatic rings. The van der Waals surface area contributed by atoms with Crippen molar-refractivity contribution in [2.75, 3.05) is 0 Å². The van der Waals surface area contributed by atoms with Crippen molar-refractivity contribution in [3.05, 3.63) is 14.9 Å². The quantitative estimate of drug-likeness (QED) is 0.530. The molecule has 0 atom stereocenters. The summed E-state index contributed by atoms with van der Waals surface area (Å²) < 4.78 is 0.265. The first-order valence-corrected chi connectivity index (χ1v) is 3.76. The Bertz CT molecular complexity index is 596. The van der Waals surface area contributed by atoms with E-state index in [9.17, 15) is 0 Å². The van der Waals surface area contributed by atoms with Gasteiger partial charge in [0.25, 0.3) is 0 Å². The average Bonchev–Trinajstić information content (AvgIpc) is 2.83. The highest BCUT2D eigenvalue weighted by Crippen LogP contribution is 1.92. The van der Waals surface area contributed by atoms with Crippen LogP contribution in [0.4, 0.5) is 0 Å². The van der Waals surface area contributed by atoms with Crippen LogP contribution in [0.15, 0.2) is 0 Å². The van der Waals surface area contributed by atoms with Gasteiger partial charge in [-0.1, -0.05) is 12.2 Å². The van der Waals surface area contributed by atoms with Crippen molar-refractivity contribution in [2.24, 2.45) is 0 Å². The Labute approximate surface area is 84.1 Å². The molecule has 1 aromatic carbocycles. The fourth-order valence-electron chi connectivity index (χ4n) is 0.921. The normalized spacial score (nSPS) is 8.00. The van der Waals surface area contributed by atoms with Gasteiger partial charge >= 0.3 is 0 Å². The SMILES string of the molecule is N#CC(C#N)=c1c(=S)c1=C(C#N)C#N. The van der Waals surface area contributed by atoms with Crippen molar-refractivity contribution in [1.29, 1.82) is 21.0 Å². The van der Waals surface area contributed by atoms with Gasteiger partial charge in [-0.2, -0.15) is 21.0 Å². The van der Waals surface area contributed by atoms with Gasteiger partial charge in [-0.3, -0.25) is 0 Å². The Balaban J connectivity index is 3.80. The van der Waals surface area contributed by atoms with E-state index >= 15 is 0 Å². The molecule has 1 aromatic rings. The first-order valence-electron chi connectivity index (χ1n) is 3.35. The Morgan fingerprint density at radius 3 is 1.29 bits per heavy atom. The standard InChI is InChI=1S/C9N4S/c10-1-5(2-11)7-8(9(7)14)6(3-12)4-13. The number of rotatable bonds is 0. The topological polar surface area (TPSA) is 95.2 Å². The van der Waals surface area contributed by atoms with E-state index in [0.717, 1.165) is 0 Å². The molecule has 0 N–H and O–H groups in total. The minimum absolute atomic E-state index is 0.145. The number of hydrogen-bond donors (Lipinski definition) is 0. The van der Waals surface area contributed by atoms with Gasteiger partial charge in [-0.25, -0.2) is 0 Å². The average molecular weight is 196 g/mol. The van der Waals surface area contributed by atoms with Gasteiger partial charge in [0.1, 0.15) is 35.4 Å². The van der Waals surface area contributed by atoms with E-state index in [1.165, 1.54) is 0 Å². The van der Waals surface area contributed by atoms with Crippen LogP contribution in [0.5, 0.6) is 0 Å². The zero-order valence-corrected chi connectivity index (χ0v) is 7.51. The molecule has 0 unspecified atom stereocenters. The molecule has 0 amide bonds. The van der Waals surface area contributed by atoms with E-state index in [1.807, 2.05) is 0 Å². The van der Waals surface area contributed by atoms with E-state index in [0.29, 0.717) is 0 Å². The van der Waals surface area contributed by atoms with Crippen LogP contribution in [0.2, 0.25) is 0 Å². The van der Waals surface area contributed by atoms with Crippen LogP contribution in [0, 0.1) is 49.8 Å². The molecule has 1 rings (SSSR count). The molecule has 4 nitrogen and oxygen atoms in total. The van der Waals surface area contributed by atoms with E-state index in [1.54, 1.807) is 24.3 Å². The van der Waals surface area contributed by atoms with Gasteiger partial charge in [0.05, 0.1) is 4.51 Å². The molecule has 0 radical (unpaired) electrons. The molecule has 0 bridgehead atoms. The molecule has 0 aliphatic carbocycles. The smallest absolute Gasteiger partial charge is 0.139 e. The predicted octanol–water partition coefficient (Wildman–Crippen LogP) is -0.313. The monoisotopic (exact) mass is 196 g/mol. The lowest BCUT2D eigenvalue weighted by Gasteiger charge is -1.68. The highest BCUT2D eigenvalue weighted by molar-refractivity contribution is 7.71. The summed E-state index contributed by atoms with van der Waals surface area (Å²) >= 11 is 4.79. The van der Waals surface area contributed by atoms with E-state index in [4.69, 9.17) is 33.3 Å². The van der Waals surface area contributed by atoms with Crippen molar-refractivity contribution in [3.63, 3.8) is 0 Å². The van der Waals surface area contributed by atoms with Crippen LogP contribution in [-0.2, 0) is 0 Å². The second kappa shape index (κ2) is 3.50. The van der Waals surface area contributed by atoms with Crippen molar-refractivity contribution in [1.82, 2.24) is 0 Å². The molecule has 0 spiro atoms. The van der Waals surface area contributed by atoms with Crippen molar-refractivity contribution >= 4 is 23.4 Å². The van der Waals surface area contributed by atoms with Gasteiger partial charge in [-0.15, -0.1) is 0 Å². The molecule has 0 fully saturated rings. The van der Waals surface area contributed by atoms with Gasteiger partial charge in [0, 0.05) is 10.4 Å². The number of nitriles is 4. The fraction of sp³-hybridized carbons (Fsp3) is 0. The molecule has 0 saturated heterocycles. The third-order valence-corrected chi connectivity index (χ3v) is 2.00. The Kier molecular flexibility index (Phi) is 2.40. The first-order chi connectivity index (χ1) is 6.71. The van der Waals surface area contributed by atoms with Gasteiger partial charge in [0.15, 0.2) is 0 Å². The Morgan fingerprint density at radius 1 is 0.786 bits per heavy atom. The zero-order valence-electron chi connectivity index (χ0n) is 6.70. The van der Waals surface area contributed by atoms with Crippen LogP contribution in [0.25, 0.3) is 11.1 Å². The van der Waals surface area contributed by atoms with Crippen LogP contribution in [-0.4, -0.2) is 0 Å². The summed E-state index contributed by atoms with van der Waals surface area (Å²) in [5.41, 5.74) is -0.291. The van der Waals surface area contributed by atoms with Gasteiger partial charge in [0.2, 0.25) is 0 Å². The molecule has 62 valence electrons. The first kappa shape index (κ1) is 9.62. The van der Waals surface area contributed by atoms with E-state index in [2.05, 4.69) is 0 Å². The van der Waals surface area contributed by atoms with Crippen LogP contribution >= 0.6 is 12.2 Å². The zero-order chi connectivity index (χ0) is 10.7. The number of hydrogen-bond acceptors (Lipinski definition) is 5.